The fourth-order valence-corrected chi connectivity index (χ4v) is 11.0. The fourth-order valence-electron chi connectivity index (χ4n) is 11.0. The highest BCUT2D eigenvalue weighted by Crippen LogP contribution is 2.19. The average Bonchev–Trinajstić information content (AvgIpc) is 3.47. The van der Waals surface area contributed by atoms with Crippen molar-refractivity contribution in [2.45, 2.75) is 399 Å². The van der Waals surface area contributed by atoms with Gasteiger partial charge in [-0.25, -0.2) is 0 Å². The summed E-state index contributed by atoms with van der Waals surface area (Å²) in [6.07, 6.45) is 89.2. The largest absolute Gasteiger partial charge is 0.462 e. The minimum atomic E-state index is -0.765. The maximum Gasteiger partial charge on any atom is 0.306 e. The number of rotatable bonds is 67. The quantitative estimate of drug-likeness (QED) is 0.0261. The lowest BCUT2D eigenvalue weighted by Crippen LogP contribution is -2.30. The van der Waals surface area contributed by atoms with E-state index in [-0.39, 0.29) is 31.1 Å². The van der Waals surface area contributed by atoms with Crippen molar-refractivity contribution in [3.63, 3.8) is 0 Å². The number of ether oxygens (including phenoxy) is 3. The van der Waals surface area contributed by atoms with Gasteiger partial charge in [-0.15, -0.1) is 0 Å². The number of carbonyl (C=O) groups is 3. The molecule has 0 N–H and O–H groups in total. The Bertz CT molecular complexity index is 1400. The van der Waals surface area contributed by atoms with Crippen LogP contribution in [0, 0.1) is 0 Å². The number of carbonyl (C=O) groups excluding carboxylic acids is 3. The molecule has 0 aliphatic heterocycles. The summed E-state index contributed by atoms with van der Waals surface area (Å²) in [7, 11) is 0. The highest BCUT2D eigenvalue weighted by molar-refractivity contribution is 5.71. The van der Waals surface area contributed by atoms with Gasteiger partial charge in [-0.1, -0.05) is 365 Å². The molecule has 0 fully saturated rings. The van der Waals surface area contributed by atoms with Crippen molar-refractivity contribution in [1.82, 2.24) is 0 Å². The third-order valence-electron chi connectivity index (χ3n) is 16.3. The van der Waals surface area contributed by atoms with Crippen LogP contribution in [0.4, 0.5) is 0 Å². The molecule has 0 heterocycles. The van der Waals surface area contributed by atoms with Gasteiger partial charge in [-0.2, -0.15) is 0 Å². The highest BCUT2D eigenvalue weighted by atomic mass is 16.6. The number of hydrogen-bond donors (Lipinski definition) is 0. The maximum atomic E-state index is 12.9. The molecule has 0 aliphatic carbocycles. The van der Waals surface area contributed by atoms with Gasteiger partial charge in [0.2, 0.25) is 0 Å². The summed E-state index contributed by atoms with van der Waals surface area (Å²) >= 11 is 0. The molecular weight excluding hydrogens is 997 g/mol. The van der Waals surface area contributed by atoms with Crippen molar-refractivity contribution in [2.24, 2.45) is 0 Å². The predicted molar refractivity (Wildman–Crippen MR) is 353 cm³/mol. The van der Waals surface area contributed by atoms with Gasteiger partial charge in [0.25, 0.3) is 0 Å². The van der Waals surface area contributed by atoms with Crippen molar-refractivity contribution in [1.29, 1.82) is 0 Å². The van der Waals surface area contributed by atoms with E-state index in [2.05, 4.69) is 69.4 Å². The molecule has 0 amide bonds. The Labute approximate surface area is 505 Å². The van der Waals surface area contributed by atoms with Gasteiger partial charge in [0.05, 0.1) is 0 Å². The van der Waals surface area contributed by atoms with Gasteiger partial charge in [-0.05, 0) is 57.8 Å². The molecule has 0 saturated carbocycles. The zero-order valence-electron chi connectivity index (χ0n) is 54.6. The van der Waals surface area contributed by atoms with E-state index in [1.807, 2.05) is 0 Å². The normalized spacial score (nSPS) is 12.3. The van der Waals surface area contributed by atoms with Gasteiger partial charge >= 0.3 is 17.9 Å². The standard InChI is InChI=1S/C75H138O6/c1-4-7-10-13-16-18-20-22-24-26-28-30-32-33-34-35-36-37-38-39-40-41-42-43-44-46-47-49-51-53-55-57-59-62-65-68-74(77)80-71-72(70-79-73(76)67-64-61-15-12-9-6-3)81-75(78)69-66-63-60-58-56-54-52-50-48-45-31-29-27-25-23-21-19-17-14-11-8-5-2/h7,10,16,18,22,24,28,30,72H,4-6,8-9,11-15,17,19-21,23,25-27,29,31-71H2,1-3H3/b10-7-,18-16-,24-22-,30-28-. The Morgan fingerprint density at radius 1 is 0.259 bits per heavy atom. The first-order chi connectivity index (χ1) is 40.0. The molecule has 0 aliphatic rings. The minimum Gasteiger partial charge on any atom is -0.462 e. The molecule has 474 valence electrons. The highest BCUT2D eigenvalue weighted by Gasteiger charge is 2.19. The number of unbranched alkanes of at least 4 members (excludes halogenated alkanes) is 48. The van der Waals surface area contributed by atoms with Crippen molar-refractivity contribution in [3.05, 3.63) is 48.6 Å². The first-order valence-corrected chi connectivity index (χ1v) is 36.1. The second-order valence-corrected chi connectivity index (χ2v) is 24.5. The van der Waals surface area contributed by atoms with E-state index in [0.29, 0.717) is 19.3 Å². The maximum absolute atomic E-state index is 12.9. The van der Waals surface area contributed by atoms with Gasteiger partial charge in [0.1, 0.15) is 13.2 Å². The minimum absolute atomic E-state index is 0.0654. The van der Waals surface area contributed by atoms with E-state index < -0.39 is 6.10 Å². The Morgan fingerprint density at radius 2 is 0.481 bits per heavy atom. The second kappa shape index (κ2) is 69.9. The molecule has 0 spiro atoms. The van der Waals surface area contributed by atoms with Crippen LogP contribution in [0.3, 0.4) is 0 Å². The lowest BCUT2D eigenvalue weighted by atomic mass is 10.0. The van der Waals surface area contributed by atoms with Crippen LogP contribution in [0.25, 0.3) is 0 Å². The van der Waals surface area contributed by atoms with Crippen LogP contribution in [-0.4, -0.2) is 37.2 Å². The van der Waals surface area contributed by atoms with Gasteiger partial charge < -0.3 is 14.2 Å². The molecule has 0 aromatic rings. The lowest BCUT2D eigenvalue weighted by molar-refractivity contribution is -0.167. The fraction of sp³-hybridized carbons (Fsp3) is 0.853. The van der Waals surface area contributed by atoms with E-state index in [1.165, 1.54) is 270 Å². The monoisotopic (exact) mass is 1140 g/mol. The van der Waals surface area contributed by atoms with Crippen molar-refractivity contribution in [2.75, 3.05) is 13.2 Å². The second-order valence-electron chi connectivity index (χ2n) is 24.5. The molecule has 6 nitrogen and oxygen atoms in total. The first kappa shape index (κ1) is 78.4. The van der Waals surface area contributed by atoms with E-state index in [0.717, 1.165) is 83.5 Å². The Morgan fingerprint density at radius 3 is 0.753 bits per heavy atom. The van der Waals surface area contributed by atoms with Crippen LogP contribution in [-0.2, 0) is 28.6 Å². The van der Waals surface area contributed by atoms with Crippen LogP contribution in [0.5, 0.6) is 0 Å². The predicted octanol–water partition coefficient (Wildman–Crippen LogP) is 24.9. The van der Waals surface area contributed by atoms with Crippen LogP contribution in [0.1, 0.15) is 393 Å². The van der Waals surface area contributed by atoms with E-state index >= 15 is 0 Å². The van der Waals surface area contributed by atoms with Gasteiger partial charge in [0.15, 0.2) is 6.10 Å². The topological polar surface area (TPSA) is 78.9 Å². The van der Waals surface area contributed by atoms with Crippen LogP contribution in [0.15, 0.2) is 48.6 Å². The SMILES string of the molecule is CC/C=C\C/C=C\C/C=C\C/C=C\CCCCCCCCCCCCCCCCCCCCCCCCC(=O)OCC(COC(=O)CCCCCCCC)OC(=O)CCCCCCCCCCCCCCCCCCCCCCCC. The zero-order valence-corrected chi connectivity index (χ0v) is 54.6. The molecular formula is C75H138O6. The van der Waals surface area contributed by atoms with Crippen LogP contribution >= 0.6 is 0 Å². The molecule has 0 aromatic carbocycles. The van der Waals surface area contributed by atoms with E-state index in [4.69, 9.17) is 14.2 Å². The lowest BCUT2D eigenvalue weighted by Gasteiger charge is -2.18. The number of esters is 3. The molecule has 0 radical (unpaired) electrons. The average molecular weight is 1140 g/mol. The molecule has 0 bridgehead atoms. The molecule has 1 unspecified atom stereocenters. The summed E-state index contributed by atoms with van der Waals surface area (Å²) in [5.41, 5.74) is 0. The Balaban J connectivity index is 3.91. The van der Waals surface area contributed by atoms with E-state index in [9.17, 15) is 14.4 Å². The van der Waals surface area contributed by atoms with Gasteiger partial charge in [0, 0.05) is 19.3 Å². The van der Waals surface area contributed by atoms with Crippen LogP contribution in [0.2, 0.25) is 0 Å². The van der Waals surface area contributed by atoms with Crippen molar-refractivity contribution >= 4 is 17.9 Å². The third-order valence-corrected chi connectivity index (χ3v) is 16.3. The number of hydrogen-bond acceptors (Lipinski definition) is 6. The smallest absolute Gasteiger partial charge is 0.306 e. The Kier molecular flexibility index (Phi) is 67.6. The molecule has 1 atom stereocenters. The molecule has 81 heavy (non-hydrogen) atoms. The number of allylic oxidation sites excluding steroid dienone is 8. The summed E-state index contributed by atoms with van der Waals surface area (Å²) < 4.78 is 16.9. The van der Waals surface area contributed by atoms with Crippen LogP contribution < -0.4 is 0 Å². The summed E-state index contributed by atoms with van der Waals surface area (Å²) in [4.78, 5) is 38.1. The molecule has 0 saturated heterocycles. The van der Waals surface area contributed by atoms with Crippen molar-refractivity contribution in [3.8, 4) is 0 Å². The van der Waals surface area contributed by atoms with Gasteiger partial charge in [-0.3, -0.25) is 14.4 Å². The molecule has 0 rings (SSSR count). The third kappa shape index (κ3) is 68.0. The summed E-state index contributed by atoms with van der Waals surface area (Å²) in [6.45, 7) is 6.54. The summed E-state index contributed by atoms with van der Waals surface area (Å²) in [6, 6.07) is 0. The molecule has 0 aromatic heterocycles. The molecule has 6 heteroatoms. The first-order valence-electron chi connectivity index (χ1n) is 36.1. The van der Waals surface area contributed by atoms with E-state index in [1.54, 1.807) is 0 Å². The summed E-state index contributed by atoms with van der Waals surface area (Å²) in [5.74, 6) is -0.846. The zero-order chi connectivity index (χ0) is 58.5. The summed E-state index contributed by atoms with van der Waals surface area (Å²) in [5, 5.41) is 0. The van der Waals surface area contributed by atoms with Crippen molar-refractivity contribution < 1.29 is 28.6 Å². The Hall–Kier alpha value is -2.63.